The number of esters is 1. The zero-order valence-electron chi connectivity index (χ0n) is 14.8. The predicted octanol–water partition coefficient (Wildman–Crippen LogP) is 4.16. The molecule has 3 rings (SSSR count). The van der Waals surface area contributed by atoms with E-state index in [0.29, 0.717) is 30.1 Å². The summed E-state index contributed by atoms with van der Waals surface area (Å²) >= 11 is 11.9. The number of hydrogen-bond acceptors (Lipinski definition) is 5. The summed E-state index contributed by atoms with van der Waals surface area (Å²) < 4.78 is 9.58. The molecule has 1 aromatic heterocycles. The summed E-state index contributed by atoms with van der Waals surface area (Å²) in [6.45, 7) is 3.77. The average Bonchev–Trinajstić information content (AvgIpc) is 2.98. The van der Waals surface area contributed by atoms with Crippen LogP contribution in [0.5, 0.6) is 0 Å². The fourth-order valence-corrected chi connectivity index (χ4v) is 3.19. The van der Waals surface area contributed by atoms with E-state index < -0.39 is 9.75 Å². The van der Waals surface area contributed by atoms with Crippen molar-refractivity contribution in [1.82, 2.24) is 5.43 Å². The smallest absolute Gasteiger partial charge is 0.338 e. The van der Waals surface area contributed by atoms with Crippen LogP contribution in [0.4, 0.5) is 0 Å². The monoisotopic (exact) mass is 408 g/mol. The summed E-state index contributed by atoms with van der Waals surface area (Å²) in [5, 5.41) is 3.88. The van der Waals surface area contributed by atoms with Gasteiger partial charge < -0.3 is 9.15 Å². The number of benzene rings is 1. The summed E-state index contributed by atoms with van der Waals surface area (Å²) in [4.78, 5) is 23.7. The minimum absolute atomic E-state index is 0.327. The Balaban J connectivity index is 1.61. The molecule has 1 saturated carbocycles. The Bertz CT molecular complexity index is 889. The third-order valence-corrected chi connectivity index (χ3v) is 5.53. The number of hydrogen-bond donors (Lipinski definition) is 1. The molecule has 1 aliphatic carbocycles. The van der Waals surface area contributed by atoms with Crippen molar-refractivity contribution in [2.75, 3.05) is 6.61 Å². The van der Waals surface area contributed by atoms with Gasteiger partial charge in [-0.1, -0.05) is 12.1 Å². The molecule has 1 atom stereocenters. The highest BCUT2D eigenvalue weighted by molar-refractivity contribution is 6.53. The molecular formula is C19H18Cl2N2O4. The van der Waals surface area contributed by atoms with Gasteiger partial charge >= 0.3 is 5.97 Å². The molecular weight excluding hydrogens is 391 g/mol. The summed E-state index contributed by atoms with van der Waals surface area (Å²) in [5.74, 6) is 0.357. The van der Waals surface area contributed by atoms with Crippen molar-refractivity contribution in [2.45, 2.75) is 24.6 Å². The second-order valence-electron chi connectivity index (χ2n) is 6.41. The number of carbonyl (C=O) groups is 2. The maximum absolute atomic E-state index is 12.0. The van der Waals surface area contributed by atoms with E-state index in [9.17, 15) is 9.59 Å². The fraction of sp³-hybridized carbons (Fsp3) is 0.316. The van der Waals surface area contributed by atoms with Crippen LogP contribution in [-0.2, 0) is 9.53 Å². The third kappa shape index (κ3) is 4.01. The first kappa shape index (κ1) is 19.5. The number of ether oxygens (including phenoxy) is 1. The Morgan fingerprint density at radius 3 is 2.52 bits per heavy atom. The number of carbonyl (C=O) groups excluding carboxylic acids is 2. The Morgan fingerprint density at radius 1 is 1.26 bits per heavy atom. The second-order valence-corrected chi connectivity index (χ2v) is 7.90. The molecule has 0 spiro atoms. The lowest BCUT2D eigenvalue weighted by atomic mass is 10.1. The molecule has 2 aromatic rings. The first-order valence-electron chi connectivity index (χ1n) is 8.35. The van der Waals surface area contributed by atoms with Gasteiger partial charge in [0.25, 0.3) is 0 Å². The standard InChI is InChI=1S/C19H18Cl2N2O4/c1-3-26-16(24)13-6-4-12(5-7-13)15-9-8-14(27-15)10-22-23-17(25)18(2)11-19(18,20)21/h4-10H,3,11H2,1-2H3,(H,23,25). The molecule has 0 aliphatic heterocycles. The van der Waals surface area contributed by atoms with Crippen molar-refractivity contribution in [3.8, 4) is 11.3 Å². The number of nitrogens with zero attached hydrogens (tertiary/aromatic N) is 1. The van der Waals surface area contributed by atoms with Crippen LogP contribution in [0.25, 0.3) is 11.3 Å². The van der Waals surface area contributed by atoms with Gasteiger partial charge in [-0.2, -0.15) is 5.10 Å². The van der Waals surface area contributed by atoms with Gasteiger partial charge in [0.15, 0.2) is 0 Å². The van der Waals surface area contributed by atoms with E-state index in [1.165, 1.54) is 6.21 Å². The van der Waals surface area contributed by atoms with Crippen LogP contribution in [0.1, 0.15) is 36.4 Å². The maximum Gasteiger partial charge on any atom is 0.338 e. The van der Waals surface area contributed by atoms with Crippen LogP contribution >= 0.6 is 23.2 Å². The van der Waals surface area contributed by atoms with Crippen LogP contribution in [0.3, 0.4) is 0 Å². The molecule has 1 fully saturated rings. The lowest BCUT2D eigenvalue weighted by Gasteiger charge is -2.08. The average molecular weight is 409 g/mol. The van der Waals surface area contributed by atoms with Crippen LogP contribution in [0.2, 0.25) is 0 Å². The highest BCUT2D eigenvalue weighted by Crippen LogP contribution is 2.63. The van der Waals surface area contributed by atoms with Crippen LogP contribution in [0.15, 0.2) is 45.9 Å². The molecule has 1 aromatic carbocycles. The van der Waals surface area contributed by atoms with E-state index in [0.717, 1.165) is 5.56 Å². The van der Waals surface area contributed by atoms with Gasteiger partial charge in [0.1, 0.15) is 15.9 Å². The molecule has 1 N–H and O–H groups in total. The number of hydrazone groups is 1. The Kier molecular flexibility index (Phi) is 5.31. The molecule has 27 heavy (non-hydrogen) atoms. The number of alkyl halides is 2. The molecule has 8 heteroatoms. The summed E-state index contributed by atoms with van der Waals surface area (Å²) in [6.07, 6.45) is 1.78. The van der Waals surface area contributed by atoms with Gasteiger partial charge in [0.2, 0.25) is 5.91 Å². The van der Waals surface area contributed by atoms with Gasteiger partial charge in [0.05, 0.1) is 23.8 Å². The van der Waals surface area contributed by atoms with Crippen molar-refractivity contribution >= 4 is 41.3 Å². The van der Waals surface area contributed by atoms with Crippen molar-refractivity contribution in [2.24, 2.45) is 10.5 Å². The molecule has 1 aliphatic rings. The lowest BCUT2D eigenvalue weighted by Crippen LogP contribution is -2.29. The number of nitrogens with one attached hydrogen (secondary N) is 1. The maximum atomic E-state index is 12.0. The highest BCUT2D eigenvalue weighted by atomic mass is 35.5. The molecule has 1 unspecified atom stereocenters. The first-order valence-corrected chi connectivity index (χ1v) is 9.11. The van der Waals surface area contributed by atoms with Gasteiger partial charge in [0, 0.05) is 5.56 Å². The quantitative estimate of drug-likeness (QED) is 0.336. The normalized spacial score (nSPS) is 20.4. The van der Waals surface area contributed by atoms with Gasteiger partial charge in [-0.3, -0.25) is 4.79 Å². The zero-order valence-corrected chi connectivity index (χ0v) is 16.3. The molecule has 0 radical (unpaired) electrons. The second kappa shape index (κ2) is 7.37. The van der Waals surface area contributed by atoms with E-state index in [-0.39, 0.29) is 11.9 Å². The minimum atomic E-state index is -1.04. The molecule has 0 saturated heterocycles. The Morgan fingerprint density at radius 2 is 1.93 bits per heavy atom. The topological polar surface area (TPSA) is 80.9 Å². The molecule has 1 heterocycles. The lowest BCUT2D eigenvalue weighted by molar-refractivity contribution is -0.125. The number of furan rings is 1. The third-order valence-electron chi connectivity index (χ3n) is 4.42. The van der Waals surface area contributed by atoms with Crippen molar-refractivity contribution in [3.05, 3.63) is 47.7 Å². The minimum Gasteiger partial charge on any atom is -0.462 e. The van der Waals surface area contributed by atoms with Gasteiger partial charge in [-0.25, -0.2) is 10.2 Å². The number of rotatable bonds is 6. The van der Waals surface area contributed by atoms with Crippen LogP contribution < -0.4 is 5.43 Å². The van der Waals surface area contributed by atoms with E-state index in [2.05, 4.69) is 10.5 Å². The first-order chi connectivity index (χ1) is 12.8. The highest BCUT2D eigenvalue weighted by Gasteiger charge is 2.68. The van der Waals surface area contributed by atoms with E-state index in [4.69, 9.17) is 32.4 Å². The molecule has 1 amide bonds. The SMILES string of the molecule is CCOC(=O)c1ccc(-c2ccc(C=NNC(=O)C3(C)CC3(Cl)Cl)o2)cc1. The number of amides is 1. The van der Waals surface area contributed by atoms with Gasteiger partial charge in [-0.05, 0) is 44.5 Å². The van der Waals surface area contributed by atoms with E-state index in [1.54, 1.807) is 50.2 Å². The Labute approximate surface area is 166 Å². The zero-order chi connectivity index (χ0) is 19.7. The van der Waals surface area contributed by atoms with Crippen LogP contribution in [0, 0.1) is 5.41 Å². The van der Waals surface area contributed by atoms with Crippen molar-refractivity contribution in [1.29, 1.82) is 0 Å². The summed E-state index contributed by atoms with van der Waals surface area (Å²) in [7, 11) is 0. The fourth-order valence-electron chi connectivity index (χ4n) is 2.49. The van der Waals surface area contributed by atoms with Crippen molar-refractivity contribution < 1.29 is 18.7 Å². The molecule has 142 valence electrons. The largest absolute Gasteiger partial charge is 0.462 e. The summed E-state index contributed by atoms with van der Waals surface area (Å²) in [6, 6.07) is 10.4. The van der Waals surface area contributed by atoms with Gasteiger partial charge in [-0.15, -0.1) is 23.2 Å². The molecule has 0 bridgehead atoms. The van der Waals surface area contributed by atoms with Crippen molar-refractivity contribution in [3.63, 3.8) is 0 Å². The Hall–Kier alpha value is -2.31. The van der Waals surface area contributed by atoms with Crippen LogP contribution in [-0.4, -0.2) is 29.0 Å². The predicted molar refractivity (Wildman–Crippen MR) is 103 cm³/mol. The molecule has 6 nitrogen and oxygen atoms in total. The number of halogens is 2. The summed E-state index contributed by atoms with van der Waals surface area (Å²) in [5.41, 5.74) is 2.86. The van der Waals surface area contributed by atoms with E-state index in [1.807, 2.05) is 0 Å². The van der Waals surface area contributed by atoms with E-state index >= 15 is 0 Å².